The molecule has 0 aliphatic heterocycles. The number of nitrogens with two attached hydrogens (primary N) is 1. The maximum Gasteiger partial charge on any atom is 0.262 e. The van der Waals surface area contributed by atoms with E-state index in [4.69, 9.17) is 11.3 Å². The van der Waals surface area contributed by atoms with E-state index in [2.05, 4.69) is 15.6 Å². The van der Waals surface area contributed by atoms with Crippen LogP contribution < -0.4 is 11.2 Å². The largest absolute Gasteiger partial charge is 0.366 e. The molecule has 3 N–H and O–H groups in total. The van der Waals surface area contributed by atoms with Gasteiger partial charge >= 0.3 is 0 Å². The Labute approximate surface area is 64.4 Å². The summed E-state index contributed by atoms with van der Waals surface area (Å²) in [6.07, 6.45) is 0. The van der Waals surface area contributed by atoms with Gasteiger partial charge in [0.15, 0.2) is 6.04 Å². The van der Waals surface area contributed by atoms with Crippen molar-refractivity contribution in [3.05, 3.63) is 10.4 Å². The van der Waals surface area contributed by atoms with Crippen LogP contribution >= 0.6 is 0 Å². The van der Waals surface area contributed by atoms with Crippen LogP contribution in [0.5, 0.6) is 0 Å². The Morgan fingerprint density at radius 3 is 2.55 bits per heavy atom. The van der Waals surface area contributed by atoms with Crippen LogP contribution in [0.4, 0.5) is 0 Å². The lowest BCUT2D eigenvalue weighted by molar-refractivity contribution is -0.121. The molecule has 0 heterocycles. The van der Waals surface area contributed by atoms with Gasteiger partial charge in [0.25, 0.3) is 5.91 Å². The molecular formula is C5H11N5O. The molecule has 0 spiro atoms. The summed E-state index contributed by atoms with van der Waals surface area (Å²) >= 11 is 0. The van der Waals surface area contributed by atoms with Crippen molar-refractivity contribution >= 4 is 5.91 Å². The highest BCUT2D eigenvalue weighted by Gasteiger charge is 2.20. The van der Waals surface area contributed by atoms with Gasteiger partial charge in [-0.25, -0.2) is 5.43 Å². The molecule has 0 rings (SSSR count). The number of azide groups is 1. The molecule has 0 fully saturated rings. The van der Waals surface area contributed by atoms with E-state index in [9.17, 15) is 4.79 Å². The molecule has 11 heavy (non-hydrogen) atoms. The van der Waals surface area contributed by atoms with Crippen LogP contribution in [0.3, 0.4) is 0 Å². The van der Waals surface area contributed by atoms with Gasteiger partial charge in [-0.3, -0.25) is 4.79 Å². The highest BCUT2D eigenvalue weighted by atomic mass is 16.1. The van der Waals surface area contributed by atoms with Gasteiger partial charge in [0.05, 0.1) is 0 Å². The molecule has 0 aromatic rings. The Kier molecular flexibility index (Phi) is 3.84. The predicted molar refractivity (Wildman–Crippen MR) is 40.1 cm³/mol. The van der Waals surface area contributed by atoms with Crippen molar-refractivity contribution in [1.29, 1.82) is 0 Å². The Morgan fingerprint density at radius 1 is 1.73 bits per heavy atom. The minimum absolute atomic E-state index is 0.0120. The number of nitrogens with zero attached hydrogens (tertiary/aromatic N) is 3. The Bertz CT molecular complexity index is 183. The molecule has 1 atom stereocenters. The van der Waals surface area contributed by atoms with Gasteiger partial charge in [-0.15, -0.1) is 5.53 Å². The lowest BCUT2D eigenvalue weighted by atomic mass is 10.1. The van der Waals surface area contributed by atoms with E-state index in [-0.39, 0.29) is 5.92 Å². The normalized spacial score (nSPS) is 11.9. The van der Waals surface area contributed by atoms with Crippen molar-refractivity contribution in [3.8, 4) is 0 Å². The number of hydrogen-bond acceptors (Lipinski definition) is 2. The van der Waals surface area contributed by atoms with Crippen molar-refractivity contribution in [3.63, 3.8) is 0 Å². The number of carbonyl (C=O) groups is 1. The molecule has 0 aliphatic carbocycles. The monoisotopic (exact) mass is 157 g/mol. The Morgan fingerprint density at radius 2 is 2.27 bits per heavy atom. The molecule has 0 saturated carbocycles. The van der Waals surface area contributed by atoms with Crippen molar-refractivity contribution in [2.24, 2.45) is 16.9 Å². The zero-order valence-corrected chi connectivity index (χ0v) is 6.48. The van der Waals surface area contributed by atoms with Crippen LogP contribution in [0.1, 0.15) is 13.8 Å². The van der Waals surface area contributed by atoms with Crippen LogP contribution in [0.25, 0.3) is 10.4 Å². The van der Waals surface area contributed by atoms with E-state index in [1.54, 1.807) is 13.8 Å². The molecular weight excluding hydrogens is 146 g/mol. The van der Waals surface area contributed by atoms with E-state index >= 15 is 0 Å². The average molecular weight is 157 g/mol. The third-order valence-electron chi connectivity index (χ3n) is 1.21. The first-order valence-electron chi connectivity index (χ1n) is 3.18. The number of carbonyl (C=O) groups excluding carboxylic acids is 1. The zero-order valence-electron chi connectivity index (χ0n) is 6.48. The topological polar surface area (TPSA) is 104 Å². The van der Waals surface area contributed by atoms with E-state index in [0.717, 1.165) is 0 Å². The van der Waals surface area contributed by atoms with Crippen LogP contribution in [0, 0.1) is 5.92 Å². The van der Waals surface area contributed by atoms with Crippen LogP contribution in [0.15, 0.2) is 5.22 Å². The summed E-state index contributed by atoms with van der Waals surface area (Å²) in [6, 6.07) is -0.592. The molecule has 0 bridgehead atoms. The van der Waals surface area contributed by atoms with Crippen LogP contribution in [0.2, 0.25) is 0 Å². The maximum atomic E-state index is 10.6. The molecule has 0 aromatic heterocycles. The fraction of sp³-hybridized carbons (Fsp3) is 0.800. The molecule has 0 unspecified atom stereocenters. The molecule has 62 valence electrons. The molecule has 0 aliphatic rings. The van der Waals surface area contributed by atoms with Crippen LogP contribution in [-0.4, -0.2) is 11.9 Å². The fourth-order valence-corrected chi connectivity index (χ4v) is 0.629. The minimum atomic E-state index is -0.592. The zero-order chi connectivity index (χ0) is 8.85. The number of rotatable bonds is 4. The summed E-state index contributed by atoms with van der Waals surface area (Å²) in [5.74, 6) is -0.509. The standard InChI is InChI=1S/C5H11N5O/c1-3(2)4(5(6)11)8-10-9-7/h3-4,8H,1-2H3,(H2,6,11)/t4-/m0/s1. The molecule has 6 heteroatoms. The second-order valence-electron chi connectivity index (χ2n) is 2.44. The van der Waals surface area contributed by atoms with E-state index in [1.165, 1.54) is 0 Å². The van der Waals surface area contributed by atoms with Gasteiger partial charge in [-0.1, -0.05) is 13.8 Å². The summed E-state index contributed by atoms with van der Waals surface area (Å²) < 4.78 is 0. The van der Waals surface area contributed by atoms with E-state index in [1.807, 2.05) is 0 Å². The second kappa shape index (κ2) is 4.40. The number of amides is 1. The summed E-state index contributed by atoms with van der Waals surface area (Å²) in [5, 5.41) is 3.04. The van der Waals surface area contributed by atoms with Gasteiger partial charge in [-0.2, -0.15) is 4.91 Å². The molecule has 0 aromatic carbocycles. The number of nitrogens with one attached hydrogen (secondary N) is 1. The Balaban J connectivity index is 4.11. The summed E-state index contributed by atoms with van der Waals surface area (Å²) in [7, 11) is 0. The predicted octanol–water partition coefficient (Wildman–Crippen LogP) is 0.311. The van der Waals surface area contributed by atoms with Gasteiger partial charge in [0, 0.05) is 5.92 Å². The summed E-state index contributed by atoms with van der Waals surface area (Å²) in [4.78, 5) is 13.1. The average Bonchev–Trinajstić information content (AvgIpc) is 1.87. The Hall–Kier alpha value is -1.42. The molecule has 0 saturated heterocycles. The molecule has 0 radical (unpaired) electrons. The van der Waals surface area contributed by atoms with Gasteiger partial charge in [-0.05, 0) is 5.22 Å². The minimum Gasteiger partial charge on any atom is -0.366 e. The summed E-state index contributed by atoms with van der Waals surface area (Å²) in [5.41, 5.74) is 15.2. The van der Waals surface area contributed by atoms with Crippen molar-refractivity contribution in [2.75, 3.05) is 0 Å². The van der Waals surface area contributed by atoms with Gasteiger partial charge < -0.3 is 5.73 Å². The van der Waals surface area contributed by atoms with Crippen molar-refractivity contribution in [1.82, 2.24) is 5.43 Å². The lowest BCUT2D eigenvalue weighted by Crippen LogP contribution is -2.42. The van der Waals surface area contributed by atoms with E-state index < -0.39 is 11.9 Å². The first-order chi connectivity index (χ1) is 5.09. The summed E-state index contributed by atoms with van der Waals surface area (Å²) in [6.45, 7) is 3.60. The van der Waals surface area contributed by atoms with Gasteiger partial charge in [0.1, 0.15) is 0 Å². The molecule has 1 amide bonds. The number of primary amides is 1. The highest BCUT2D eigenvalue weighted by molar-refractivity contribution is 5.80. The number of hydrogen-bond donors (Lipinski definition) is 2. The lowest BCUT2D eigenvalue weighted by Gasteiger charge is -2.11. The first kappa shape index (κ1) is 9.58. The first-order valence-corrected chi connectivity index (χ1v) is 3.18. The van der Waals surface area contributed by atoms with Crippen molar-refractivity contribution in [2.45, 2.75) is 19.9 Å². The van der Waals surface area contributed by atoms with Gasteiger partial charge in [0.2, 0.25) is 0 Å². The maximum absolute atomic E-state index is 10.6. The third kappa shape index (κ3) is 3.32. The van der Waals surface area contributed by atoms with Crippen molar-refractivity contribution < 1.29 is 4.79 Å². The second-order valence-corrected chi connectivity index (χ2v) is 2.44. The smallest absolute Gasteiger partial charge is 0.262 e. The molecule has 6 nitrogen and oxygen atoms in total. The SMILES string of the molecule is CC(C)[C@H](NN=[N+]=[N-])C(N)=O. The fourth-order valence-electron chi connectivity index (χ4n) is 0.629. The van der Waals surface area contributed by atoms with E-state index in [0.29, 0.717) is 0 Å². The highest BCUT2D eigenvalue weighted by Crippen LogP contribution is 1.99. The third-order valence-corrected chi connectivity index (χ3v) is 1.21. The quantitative estimate of drug-likeness (QED) is 0.265. The van der Waals surface area contributed by atoms with Crippen LogP contribution in [-0.2, 0) is 4.79 Å².